The fraction of sp³-hybridized carbons (Fsp3) is 0.355. The molecule has 0 saturated heterocycles. The maximum atomic E-state index is 14.1. The van der Waals surface area contributed by atoms with Crippen LogP contribution in [0.1, 0.15) is 37.5 Å². The van der Waals surface area contributed by atoms with Gasteiger partial charge in [0.15, 0.2) is 11.5 Å². The number of methoxy groups -OCH3 is 2. The Balaban J connectivity index is 2.06. The lowest BCUT2D eigenvalue weighted by atomic mass is 10.1. The first-order valence-electron chi connectivity index (χ1n) is 13.3. The van der Waals surface area contributed by atoms with Gasteiger partial charge in [-0.2, -0.15) is 0 Å². The van der Waals surface area contributed by atoms with Gasteiger partial charge in [0.2, 0.25) is 11.8 Å². The number of hydrogen-bond acceptors (Lipinski definition) is 6. The van der Waals surface area contributed by atoms with Crippen molar-refractivity contribution in [3.8, 4) is 11.5 Å². The summed E-state index contributed by atoms with van der Waals surface area (Å²) in [7, 11) is -1.37. The van der Waals surface area contributed by atoms with Crippen LogP contribution >= 0.6 is 0 Å². The minimum absolute atomic E-state index is 0.0702. The van der Waals surface area contributed by atoms with E-state index in [0.29, 0.717) is 11.4 Å². The number of nitrogens with zero attached hydrogens (tertiary/aromatic N) is 2. The minimum Gasteiger partial charge on any atom is -0.493 e. The number of ether oxygens (including phenoxy) is 2. The third-order valence-corrected chi connectivity index (χ3v) is 8.39. The number of amides is 2. The number of anilines is 1. The topological polar surface area (TPSA) is 105 Å². The van der Waals surface area contributed by atoms with Gasteiger partial charge in [-0.3, -0.25) is 13.9 Å². The fourth-order valence-electron chi connectivity index (χ4n) is 4.22. The number of carbonyl (C=O) groups is 2. The SMILES string of the molecule is COc1ccc(S(=O)(=O)N(CC(=O)N(Cc2ccc(C)cc2)[C@H](C)C(=O)NC(C)C)c2ccc(C)cc2)cc1OC. The van der Waals surface area contributed by atoms with Crippen LogP contribution in [0.15, 0.2) is 71.6 Å². The molecule has 0 bridgehead atoms. The van der Waals surface area contributed by atoms with E-state index in [1.807, 2.05) is 52.0 Å². The second-order valence-electron chi connectivity index (χ2n) is 10.2. The number of benzene rings is 3. The number of carbonyl (C=O) groups excluding carboxylic acids is 2. The van der Waals surface area contributed by atoms with Crippen molar-refractivity contribution in [2.45, 2.75) is 58.1 Å². The van der Waals surface area contributed by atoms with Gasteiger partial charge in [-0.15, -0.1) is 0 Å². The van der Waals surface area contributed by atoms with E-state index in [9.17, 15) is 18.0 Å². The number of aryl methyl sites for hydroxylation is 2. The lowest BCUT2D eigenvalue weighted by Gasteiger charge is -2.32. The standard InChI is InChI=1S/C31H39N3O6S/c1-21(2)32-31(36)24(5)33(19-25-12-8-22(3)9-13-25)30(35)20-34(26-14-10-23(4)11-15-26)41(37,38)27-16-17-28(39-6)29(18-27)40-7/h8-18,21,24H,19-20H2,1-7H3,(H,32,36)/t24-/m1/s1. The molecular weight excluding hydrogens is 542 g/mol. The van der Waals surface area contributed by atoms with Crippen molar-refractivity contribution in [2.75, 3.05) is 25.1 Å². The van der Waals surface area contributed by atoms with Crippen molar-refractivity contribution >= 4 is 27.5 Å². The van der Waals surface area contributed by atoms with Gasteiger partial charge in [0, 0.05) is 18.7 Å². The lowest BCUT2D eigenvalue weighted by molar-refractivity contribution is -0.139. The smallest absolute Gasteiger partial charge is 0.264 e. The molecule has 0 unspecified atom stereocenters. The molecule has 41 heavy (non-hydrogen) atoms. The van der Waals surface area contributed by atoms with Crippen LogP contribution in [0.4, 0.5) is 5.69 Å². The van der Waals surface area contributed by atoms with Crippen LogP contribution < -0.4 is 19.1 Å². The van der Waals surface area contributed by atoms with E-state index in [4.69, 9.17) is 9.47 Å². The fourth-order valence-corrected chi connectivity index (χ4v) is 5.65. The summed E-state index contributed by atoms with van der Waals surface area (Å²) in [4.78, 5) is 28.4. The van der Waals surface area contributed by atoms with Crippen LogP contribution in [-0.2, 0) is 26.2 Å². The normalized spacial score (nSPS) is 12.0. The molecule has 3 aromatic carbocycles. The summed E-state index contributed by atoms with van der Waals surface area (Å²) in [6, 6.07) is 17.8. The Labute approximate surface area is 243 Å². The van der Waals surface area contributed by atoms with E-state index in [2.05, 4.69) is 5.32 Å². The largest absolute Gasteiger partial charge is 0.493 e. The van der Waals surface area contributed by atoms with E-state index in [-0.39, 0.29) is 29.1 Å². The molecule has 0 spiro atoms. The van der Waals surface area contributed by atoms with E-state index in [1.54, 1.807) is 31.2 Å². The Morgan fingerprint density at radius 2 is 1.39 bits per heavy atom. The lowest BCUT2D eigenvalue weighted by Crippen LogP contribution is -2.52. The van der Waals surface area contributed by atoms with E-state index < -0.39 is 28.5 Å². The highest BCUT2D eigenvalue weighted by atomic mass is 32.2. The molecule has 3 rings (SSSR count). The predicted molar refractivity (Wildman–Crippen MR) is 160 cm³/mol. The van der Waals surface area contributed by atoms with E-state index in [1.165, 1.54) is 37.3 Å². The van der Waals surface area contributed by atoms with Crippen LogP contribution in [0, 0.1) is 13.8 Å². The molecule has 3 aromatic rings. The molecule has 0 fully saturated rings. The molecule has 10 heteroatoms. The maximum Gasteiger partial charge on any atom is 0.264 e. The summed E-state index contributed by atoms with van der Waals surface area (Å²) in [6.45, 7) is 8.78. The van der Waals surface area contributed by atoms with Gasteiger partial charge in [-0.1, -0.05) is 47.5 Å². The summed E-state index contributed by atoms with van der Waals surface area (Å²) >= 11 is 0. The van der Waals surface area contributed by atoms with Crippen LogP contribution in [0.2, 0.25) is 0 Å². The van der Waals surface area contributed by atoms with Gasteiger partial charge in [-0.25, -0.2) is 8.42 Å². The van der Waals surface area contributed by atoms with Gasteiger partial charge in [0.1, 0.15) is 12.6 Å². The first kappa shape index (κ1) is 31.5. The van der Waals surface area contributed by atoms with Gasteiger partial charge in [0.05, 0.1) is 24.8 Å². The molecule has 0 aliphatic rings. The third kappa shape index (κ3) is 7.79. The van der Waals surface area contributed by atoms with Crippen molar-refractivity contribution in [1.29, 1.82) is 0 Å². The molecule has 0 aliphatic carbocycles. The molecule has 1 N–H and O–H groups in total. The van der Waals surface area contributed by atoms with Crippen molar-refractivity contribution in [3.05, 3.63) is 83.4 Å². The van der Waals surface area contributed by atoms with Gasteiger partial charge < -0.3 is 19.7 Å². The summed E-state index contributed by atoms with van der Waals surface area (Å²) in [5, 5.41) is 2.85. The van der Waals surface area contributed by atoms with Crippen LogP contribution in [0.25, 0.3) is 0 Å². The monoisotopic (exact) mass is 581 g/mol. The van der Waals surface area contributed by atoms with E-state index >= 15 is 0 Å². The quantitative estimate of drug-likeness (QED) is 0.339. The summed E-state index contributed by atoms with van der Waals surface area (Å²) < 4.78 is 39.8. The molecule has 220 valence electrons. The molecule has 2 amide bonds. The Morgan fingerprint density at radius 1 is 0.829 bits per heavy atom. The Morgan fingerprint density at radius 3 is 1.93 bits per heavy atom. The predicted octanol–water partition coefficient (Wildman–Crippen LogP) is 4.46. The van der Waals surface area contributed by atoms with Gasteiger partial charge >= 0.3 is 0 Å². The second-order valence-corrected chi connectivity index (χ2v) is 12.1. The van der Waals surface area contributed by atoms with E-state index in [0.717, 1.165) is 21.0 Å². The zero-order valence-corrected chi connectivity index (χ0v) is 25.5. The second kappa shape index (κ2) is 13.5. The minimum atomic E-state index is -4.25. The molecular formula is C31H39N3O6S. The number of nitrogens with one attached hydrogen (secondary N) is 1. The molecule has 0 aromatic heterocycles. The average Bonchev–Trinajstić information content (AvgIpc) is 2.94. The van der Waals surface area contributed by atoms with Gasteiger partial charge in [-0.05, 0) is 64.4 Å². The Hall–Kier alpha value is -4.05. The summed E-state index contributed by atoms with van der Waals surface area (Å²) in [5.41, 5.74) is 3.12. The molecule has 0 aliphatic heterocycles. The maximum absolute atomic E-state index is 14.1. The van der Waals surface area contributed by atoms with Crippen LogP contribution in [0.3, 0.4) is 0 Å². The number of rotatable bonds is 12. The van der Waals surface area contributed by atoms with Gasteiger partial charge in [0.25, 0.3) is 10.0 Å². The van der Waals surface area contributed by atoms with Crippen molar-refractivity contribution in [1.82, 2.24) is 10.2 Å². The highest BCUT2D eigenvalue weighted by molar-refractivity contribution is 7.92. The number of sulfonamides is 1. The Bertz CT molecular complexity index is 1450. The van der Waals surface area contributed by atoms with Crippen molar-refractivity contribution < 1.29 is 27.5 Å². The highest BCUT2D eigenvalue weighted by Crippen LogP contribution is 2.32. The van der Waals surface area contributed by atoms with Crippen LogP contribution in [-0.4, -0.2) is 58.0 Å². The third-order valence-electron chi connectivity index (χ3n) is 6.62. The average molecular weight is 582 g/mol. The van der Waals surface area contributed by atoms with Crippen LogP contribution in [0.5, 0.6) is 11.5 Å². The molecule has 0 radical (unpaired) electrons. The molecule has 0 heterocycles. The molecule has 9 nitrogen and oxygen atoms in total. The highest BCUT2D eigenvalue weighted by Gasteiger charge is 2.33. The number of hydrogen-bond donors (Lipinski definition) is 1. The first-order valence-corrected chi connectivity index (χ1v) is 14.8. The van der Waals surface area contributed by atoms with Crippen molar-refractivity contribution in [2.24, 2.45) is 0 Å². The zero-order valence-electron chi connectivity index (χ0n) is 24.7. The van der Waals surface area contributed by atoms with Crippen molar-refractivity contribution in [3.63, 3.8) is 0 Å². The molecule has 1 atom stereocenters. The zero-order chi connectivity index (χ0) is 30.3. The summed E-state index contributed by atoms with van der Waals surface area (Å²) in [6.07, 6.45) is 0. The first-order chi connectivity index (χ1) is 19.4. The molecule has 0 saturated carbocycles. The summed E-state index contributed by atoms with van der Waals surface area (Å²) in [5.74, 6) is -0.242. The Kier molecular flexibility index (Phi) is 10.4.